The van der Waals surface area contributed by atoms with E-state index in [1.54, 1.807) is 6.07 Å². The molecule has 2 aliphatic heterocycles. The Hall–Kier alpha value is -2.22. The summed E-state index contributed by atoms with van der Waals surface area (Å²) in [4.78, 5) is 27.1. The summed E-state index contributed by atoms with van der Waals surface area (Å²) in [7, 11) is 0. The van der Waals surface area contributed by atoms with Crippen molar-refractivity contribution in [2.24, 2.45) is 11.8 Å². The number of rotatable bonds is 5. The van der Waals surface area contributed by atoms with Crippen LogP contribution >= 0.6 is 11.8 Å². The highest BCUT2D eigenvalue weighted by Crippen LogP contribution is 2.33. The minimum atomic E-state index is -0.885. The molecule has 0 radical (unpaired) electrons. The Labute approximate surface area is 192 Å². The van der Waals surface area contributed by atoms with E-state index in [1.807, 2.05) is 22.7 Å². The average molecular weight is 463 g/mol. The fraction of sp³-hybridized carbons (Fsp3) is 0.583. The summed E-state index contributed by atoms with van der Waals surface area (Å²) in [6.45, 7) is 3.09. The molecule has 0 saturated carbocycles. The van der Waals surface area contributed by atoms with E-state index >= 15 is 0 Å². The fourth-order valence-electron chi connectivity index (χ4n) is 4.68. The lowest BCUT2D eigenvalue weighted by molar-refractivity contribution is -0.135. The van der Waals surface area contributed by atoms with Crippen LogP contribution in [0.2, 0.25) is 0 Å². The van der Waals surface area contributed by atoms with Crippen LogP contribution in [0.15, 0.2) is 24.3 Å². The number of carbonyl (C=O) groups excluding carboxylic acids is 1. The van der Waals surface area contributed by atoms with Gasteiger partial charge >= 0.3 is 6.09 Å². The first-order valence-electron chi connectivity index (χ1n) is 11.5. The summed E-state index contributed by atoms with van der Waals surface area (Å²) < 4.78 is 20.4. The van der Waals surface area contributed by atoms with Gasteiger partial charge in [-0.05, 0) is 61.3 Å². The zero-order valence-electron chi connectivity index (χ0n) is 18.3. The summed E-state index contributed by atoms with van der Waals surface area (Å²) in [5, 5.41) is 9.02. The molecule has 1 atom stereocenters. The third-order valence-electron chi connectivity index (χ3n) is 6.75. The average Bonchev–Trinajstić information content (AvgIpc) is 2.83. The maximum absolute atomic E-state index is 14.7. The van der Waals surface area contributed by atoms with Crippen LogP contribution in [0, 0.1) is 17.7 Å². The molecule has 1 aromatic rings. The predicted octanol–water partition coefficient (Wildman–Crippen LogP) is 4.35. The first-order valence-corrected chi connectivity index (χ1v) is 12.6. The van der Waals surface area contributed by atoms with Crippen molar-refractivity contribution in [1.82, 2.24) is 9.80 Å². The summed E-state index contributed by atoms with van der Waals surface area (Å²) in [6.07, 6.45) is 4.97. The smallest absolute Gasteiger partial charge is 0.407 e. The predicted molar refractivity (Wildman–Crippen MR) is 123 cm³/mol. The van der Waals surface area contributed by atoms with Gasteiger partial charge in [-0.2, -0.15) is 11.8 Å². The van der Waals surface area contributed by atoms with E-state index in [4.69, 9.17) is 9.84 Å². The molecule has 0 aromatic heterocycles. The summed E-state index contributed by atoms with van der Waals surface area (Å²) in [5.41, 5.74) is 1.94. The molecule has 1 aromatic carbocycles. The number of likely N-dealkylation sites (tertiary alicyclic amines) is 1. The van der Waals surface area contributed by atoms with E-state index < -0.39 is 6.09 Å². The van der Waals surface area contributed by atoms with E-state index in [0.717, 1.165) is 61.4 Å². The van der Waals surface area contributed by atoms with Crippen molar-refractivity contribution in [3.05, 3.63) is 35.7 Å². The van der Waals surface area contributed by atoms with E-state index in [1.165, 1.54) is 11.0 Å². The van der Waals surface area contributed by atoms with Gasteiger partial charge in [0.2, 0.25) is 5.91 Å². The number of benzene rings is 1. The van der Waals surface area contributed by atoms with E-state index in [9.17, 15) is 14.0 Å². The number of allylic oxidation sites excluding steroid dienone is 2. The number of piperidine rings is 1. The molecule has 1 N–H and O–H groups in total. The highest BCUT2D eigenvalue weighted by atomic mass is 32.2. The Bertz CT molecular complexity index is 864. The van der Waals surface area contributed by atoms with Crippen LogP contribution in [0.4, 0.5) is 9.18 Å². The number of nitrogens with zero attached hydrogens (tertiary/aromatic N) is 2. The van der Waals surface area contributed by atoms with Crippen LogP contribution in [0.1, 0.15) is 37.7 Å². The van der Waals surface area contributed by atoms with Gasteiger partial charge in [0.05, 0.1) is 6.61 Å². The molecular weight excluding hydrogens is 431 g/mol. The van der Waals surface area contributed by atoms with Gasteiger partial charge in [-0.1, -0.05) is 12.1 Å². The second-order valence-corrected chi connectivity index (χ2v) is 10.0. The number of hydrogen-bond donors (Lipinski definition) is 1. The minimum Gasteiger partial charge on any atom is -0.490 e. The first kappa shape index (κ1) is 23.0. The van der Waals surface area contributed by atoms with Crippen LogP contribution in [0.5, 0.6) is 5.75 Å². The normalized spacial score (nSPS) is 22.4. The van der Waals surface area contributed by atoms with Crippen molar-refractivity contribution in [2.75, 3.05) is 44.3 Å². The molecule has 174 valence electrons. The Balaban J connectivity index is 1.29. The van der Waals surface area contributed by atoms with Crippen LogP contribution in [-0.4, -0.2) is 71.2 Å². The monoisotopic (exact) mass is 462 g/mol. The Kier molecular flexibility index (Phi) is 7.60. The van der Waals surface area contributed by atoms with Crippen molar-refractivity contribution in [1.29, 1.82) is 0 Å². The molecular formula is C24H31FN2O4S. The highest BCUT2D eigenvalue weighted by Gasteiger charge is 2.28. The van der Waals surface area contributed by atoms with Crippen LogP contribution < -0.4 is 4.74 Å². The third kappa shape index (κ3) is 5.57. The lowest BCUT2D eigenvalue weighted by Gasteiger charge is -2.31. The Morgan fingerprint density at radius 3 is 2.47 bits per heavy atom. The van der Waals surface area contributed by atoms with Gasteiger partial charge in [-0.15, -0.1) is 0 Å². The number of thioether (sulfide) groups is 1. The van der Waals surface area contributed by atoms with Crippen molar-refractivity contribution < 1.29 is 23.8 Å². The topological polar surface area (TPSA) is 70.1 Å². The fourth-order valence-corrected chi connectivity index (χ4v) is 5.58. The van der Waals surface area contributed by atoms with E-state index in [2.05, 4.69) is 6.08 Å². The van der Waals surface area contributed by atoms with Gasteiger partial charge in [0.25, 0.3) is 0 Å². The molecule has 4 rings (SSSR count). The number of ether oxygens (including phenoxy) is 1. The molecule has 0 bridgehead atoms. The zero-order chi connectivity index (χ0) is 22.5. The largest absolute Gasteiger partial charge is 0.490 e. The number of halogens is 1. The number of carbonyl (C=O) groups is 2. The number of amides is 2. The zero-order valence-corrected chi connectivity index (χ0v) is 19.1. The summed E-state index contributed by atoms with van der Waals surface area (Å²) in [5.74, 6) is 2.45. The molecule has 2 heterocycles. The Morgan fingerprint density at radius 2 is 1.84 bits per heavy atom. The molecule has 2 fully saturated rings. The maximum Gasteiger partial charge on any atom is 0.407 e. The van der Waals surface area contributed by atoms with E-state index in [0.29, 0.717) is 26.1 Å². The standard InChI is InChI=1S/C24H31FN2O4S/c25-21-15-20(5-6-22(21)31-16-17-7-9-27(10-8-17)24(29)30)18-1-3-19(4-2-18)23(28)26-11-13-32-14-12-26/h1,5-6,15,17,19H,2-4,7-14,16H2,(H,29,30). The maximum atomic E-state index is 14.7. The highest BCUT2D eigenvalue weighted by molar-refractivity contribution is 7.99. The second-order valence-electron chi connectivity index (χ2n) is 8.81. The van der Waals surface area contributed by atoms with Crippen molar-refractivity contribution in [2.45, 2.75) is 32.1 Å². The number of carboxylic acid groups (broad SMARTS) is 1. The van der Waals surface area contributed by atoms with Crippen LogP contribution in [0.3, 0.4) is 0 Å². The Morgan fingerprint density at radius 1 is 1.09 bits per heavy atom. The van der Waals surface area contributed by atoms with Gasteiger partial charge in [0.15, 0.2) is 11.6 Å². The van der Waals surface area contributed by atoms with Gasteiger partial charge in [0.1, 0.15) is 0 Å². The summed E-state index contributed by atoms with van der Waals surface area (Å²) in [6, 6.07) is 5.10. The lowest BCUT2D eigenvalue weighted by Crippen LogP contribution is -2.41. The van der Waals surface area contributed by atoms with Gasteiger partial charge in [-0.3, -0.25) is 4.79 Å². The van der Waals surface area contributed by atoms with Gasteiger partial charge in [-0.25, -0.2) is 9.18 Å². The van der Waals surface area contributed by atoms with Crippen LogP contribution in [-0.2, 0) is 4.79 Å². The molecule has 3 aliphatic rings. The van der Waals surface area contributed by atoms with Crippen molar-refractivity contribution in [3.8, 4) is 5.75 Å². The molecule has 2 saturated heterocycles. The molecule has 6 nitrogen and oxygen atoms in total. The first-order chi connectivity index (χ1) is 15.5. The van der Waals surface area contributed by atoms with Crippen molar-refractivity contribution >= 4 is 29.3 Å². The van der Waals surface area contributed by atoms with E-state index in [-0.39, 0.29) is 29.3 Å². The quantitative estimate of drug-likeness (QED) is 0.704. The molecule has 0 spiro atoms. The molecule has 32 heavy (non-hydrogen) atoms. The number of hydrogen-bond acceptors (Lipinski definition) is 4. The van der Waals surface area contributed by atoms with Crippen LogP contribution in [0.25, 0.3) is 5.57 Å². The third-order valence-corrected chi connectivity index (χ3v) is 7.69. The molecule has 1 aliphatic carbocycles. The molecule has 8 heteroatoms. The van der Waals surface area contributed by atoms with Gasteiger partial charge < -0.3 is 19.6 Å². The molecule has 2 amide bonds. The lowest BCUT2D eigenvalue weighted by atomic mass is 9.85. The second kappa shape index (κ2) is 10.6. The minimum absolute atomic E-state index is 0.0434. The SMILES string of the molecule is O=C(O)N1CCC(COc2ccc(C3=CCC(C(=O)N4CCSCC4)CC3)cc2F)CC1. The molecule has 1 unspecified atom stereocenters. The summed E-state index contributed by atoms with van der Waals surface area (Å²) >= 11 is 1.90. The van der Waals surface area contributed by atoms with Crippen molar-refractivity contribution in [3.63, 3.8) is 0 Å². The van der Waals surface area contributed by atoms with Gasteiger partial charge in [0, 0.05) is 43.6 Å².